The van der Waals surface area contributed by atoms with Crippen LogP contribution in [0, 0.1) is 5.95 Å². The predicted octanol–water partition coefficient (Wildman–Crippen LogP) is 0.795. The summed E-state index contributed by atoms with van der Waals surface area (Å²) >= 11 is 0. The highest BCUT2D eigenvalue weighted by molar-refractivity contribution is 5.92. The van der Waals surface area contributed by atoms with E-state index in [2.05, 4.69) is 15.0 Å². The number of H-pyrrole nitrogens is 1. The SMILES string of the molecule is O=C(O)c1cc2c(F)ncnc2[nH]1. The van der Waals surface area contributed by atoms with Gasteiger partial charge in [-0.25, -0.2) is 14.8 Å². The molecule has 2 rings (SSSR count). The summed E-state index contributed by atoms with van der Waals surface area (Å²) in [7, 11) is 0. The molecule has 5 nitrogen and oxygen atoms in total. The van der Waals surface area contributed by atoms with Crippen LogP contribution in [-0.2, 0) is 0 Å². The summed E-state index contributed by atoms with van der Waals surface area (Å²) in [6.45, 7) is 0. The molecule has 2 N–H and O–H groups in total. The quantitative estimate of drug-likeness (QED) is 0.637. The Morgan fingerprint density at radius 2 is 2.31 bits per heavy atom. The van der Waals surface area contributed by atoms with Gasteiger partial charge in [0, 0.05) is 0 Å². The number of rotatable bonds is 1. The normalized spacial score (nSPS) is 10.5. The van der Waals surface area contributed by atoms with Gasteiger partial charge in [0.1, 0.15) is 17.7 Å². The summed E-state index contributed by atoms with van der Waals surface area (Å²) in [5.74, 6) is -1.88. The zero-order valence-corrected chi connectivity index (χ0v) is 6.28. The van der Waals surface area contributed by atoms with Crippen molar-refractivity contribution in [3.05, 3.63) is 24.0 Å². The van der Waals surface area contributed by atoms with E-state index < -0.39 is 11.9 Å². The van der Waals surface area contributed by atoms with Gasteiger partial charge in [0.05, 0.1) is 5.39 Å². The lowest BCUT2D eigenvalue weighted by Gasteiger charge is -1.86. The van der Waals surface area contributed by atoms with Crippen molar-refractivity contribution in [2.24, 2.45) is 0 Å². The molecule has 0 bridgehead atoms. The highest BCUT2D eigenvalue weighted by atomic mass is 19.1. The van der Waals surface area contributed by atoms with E-state index in [0.717, 1.165) is 12.4 Å². The number of halogens is 1. The minimum atomic E-state index is -1.16. The largest absolute Gasteiger partial charge is 0.477 e. The Morgan fingerprint density at radius 1 is 1.54 bits per heavy atom. The molecule has 2 aromatic rings. The summed E-state index contributed by atoms with van der Waals surface area (Å²) in [4.78, 5) is 19.9. The van der Waals surface area contributed by atoms with Crippen molar-refractivity contribution in [3.8, 4) is 0 Å². The van der Waals surface area contributed by atoms with Gasteiger partial charge in [-0.1, -0.05) is 0 Å². The van der Waals surface area contributed by atoms with Crippen LogP contribution in [0.3, 0.4) is 0 Å². The number of fused-ring (bicyclic) bond motifs is 1. The molecule has 0 amide bonds. The number of nitrogens with zero attached hydrogens (tertiary/aromatic N) is 2. The number of hydrogen-bond donors (Lipinski definition) is 2. The second-order valence-electron chi connectivity index (χ2n) is 2.41. The Morgan fingerprint density at radius 3 is 2.92 bits per heavy atom. The third-order valence-electron chi connectivity index (χ3n) is 1.61. The van der Waals surface area contributed by atoms with E-state index in [1.807, 2.05) is 0 Å². The third kappa shape index (κ3) is 1.12. The fraction of sp³-hybridized carbons (Fsp3) is 0. The standard InChI is InChI=1S/C7H4FN3O2/c8-5-3-1-4(7(12)13)11-6(3)10-2-9-5/h1-2H,(H,12,13)(H,9,10,11). The van der Waals surface area contributed by atoms with Crippen LogP contribution in [0.1, 0.15) is 10.5 Å². The maximum absolute atomic E-state index is 12.9. The molecule has 13 heavy (non-hydrogen) atoms. The summed E-state index contributed by atoms with van der Waals surface area (Å²) in [6, 6.07) is 1.16. The van der Waals surface area contributed by atoms with Crippen LogP contribution >= 0.6 is 0 Å². The first-order chi connectivity index (χ1) is 6.18. The van der Waals surface area contributed by atoms with E-state index >= 15 is 0 Å². The van der Waals surface area contributed by atoms with Crippen molar-refractivity contribution in [1.29, 1.82) is 0 Å². The average Bonchev–Trinajstić information content (AvgIpc) is 2.49. The van der Waals surface area contributed by atoms with Gasteiger partial charge in [-0.05, 0) is 6.07 Å². The van der Waals surface area contributed by atoms with Crippen LogP contribution in [-0.4, -0.2) is 26.0 Å². The van der Waals surface area contributed by atoms with Gasteiger partial charge in [0.15, 0.2) is 0 Å². The molecule has 0 spiro atoms. The number of aromatic carboxylic acids is 1. The highest BCUT2D eigenvalue weighted by Gasteiger charge is 2.11. The number of carbonyl (C=O) groups is 1. The van der Waals surface area contributed by atoms with Crippen molar-refractivity contribution >= 4 is 17.0 Å². The van der Waals surface area contributed by atoms with Gasteiger partial charge >= 0.3 is 5.97 Å². The maximum atomic E-state index is 12.9. The predicted molar refractivity (Wildman–Crippen MR) is 40.8 cm³/mol. The Kier molecular flexibility index (Phi) is 1.48. The maximum Gasteiger partial charge on any atom is 0.352 e. The van der Waals surface area contributed by atoms with Crippen LogP contribution in [0.15, 0.2) is 12.4 Å². The molecule has 0 aromatic carbocycles. The van der Waals surface area contributed by atoms with Crippen LogP contribution in [0.4, 0.5) is 4.39 Å². The van der Waals surface area contributed by atoms with Gasteiger partial charge < -0.3 is 10.1 Å². The second kappa shape index (κ2) is 2.51. The highest BCUT2D eigenvalue weighted by Crippen LogP contribution is 2.14. The summed E-state index contributed by atoms with van der Waals surface area (Å²) in [5, 5.41) is 8.66. The van der Waals surface area contributed by atoms with Crippen LogP contribution in [0.2, 0.25) is 0 Å². The Labute approximate surface area is 71.2 Å². The molecule has 0 aliphatic heterocycles. The topological polar surface area (TPSA) is 78.9 Å². The van der Waals surface area contributed by atoms with Gasteiger partial charge in [0.25, 0.3) is 0 Å². The number of carboxylic acids is 1. The van der Waals surface area contributed by atoms with Crippen molar-refractivity contribution < 1.29 is 14.3 Å². The van der Waals surface area contributed by atoms with E-state index in [1.54, 1.807) is 0 Å². The average molecular weight is 181 g/mol. The molecule has 66 valence electrons. The molecule has 0 unspecified atom stereocenters. The number of nitrogens with one attached hydrogen (secondary N) is 1. The van der Waals surface area contributed by atoms with Gasteiger partial charge in [-0.2, -0.15) is 4.39 Å². The molecule has 0 aliphatic rings. The molecule has 2 heterocycles. The molecule has 0 fully saturated rings. The molecular weight excluding hydrogens is 177 g/mol. The van der Waals surface area contributed by atoms with Gasteiger partial charge in [-0.15, -0.1) is 0 Å². The van der Waals surface area contributed by atoms with E-state index in [-0.39, 0.29) is 16.7 Å². The first-order valence-electron chi connectivity index (χ1n) is 3.41. The first-order valence-corrected chi connectivity index (χ1v) is 3.41. The van der Waals surface area contributed by atoms with Crippen molar-refractivity contribution in [3.63, 3.8) is 0 Å². The number of aromatic nitrogens is 3. The summed E-state index contributed by atoms with van der Waals surface area (Å²) < 4.78 is 12.9. The molecule has 2 aromatic heterocycles. The van der Waals surface area contributed by atoms with Crippen molar-refractivity contribution in [2.75, 3.05) is 0 Å². The first kappa shape index (κ1) is 7.66. The van der Waals surface area contributed by atoms with Crippen LogP contribution in [0.25, 0.3) is 11.0 Å². The van der Waals surface area contributed by atoms with E-state index in [1.165, 1.54) is 0 Å². The molecule has 6 heteroatoms. The molecule has 0 saturated carbocycles. The molecule has 0 atom stereocenters. The lowest BCUT2D eigenvalue weighted by molar-refractivity contribution is 0.0691. The van der Waals surface area contributed by atoms with Crippen LogP contribution < -0.4 is 0 Å². The Bertz CT molecular complexity index is 480. The zero-order chi connectivity index (χ0) is 9.42. The Hall–Kier alpha value is -1.98. The number of aromatic amines is 1. The second-order valence-corrected chi connectivity index (χ2v) is 2.41. The van der Waals surface area contributed by atoms with Crippen molar-refractivity contribution in [1.82, 2.24) is 15.0 Å². The van der Waals surface area contributed by atoms with E-state index in [9.17, 15) is 9.18 Å². The molecule has 0 radical (unpaired) electrons. The fourth-order valence-electron chi connectivity index (χ4n) is 1.02. The molecule has 0 saturated heterocycles. The van der Waals surface area contributed by atoms with Crippen LogP contribution in [0.5, 0.6) is 0 Å². The summed E-state index contributed by atoms with van der Waals surface area (Å²) in [6.07, 6.45) is 1.03. The smallest absolute Gasteiger partial charge is 0.352 e. The lowest BCUT2D eigenvalue weighted by Crippen LogP contribution is -1.94. The minimum absolute atomic E-state index is 0.0832. The van der Waals surface area contributed by atoms with Gasteiger partial charge in [0.2, 0.25) is 5.95 Å². The van der Waals surface area contributed by atoms with Gasteiger partial charge in [-0.3, -0.25) is 0 Å². The van der Waals surface area contributed by atoms with Crippen molar-refractivity contribution in [2.45, 2.75) is 0 Å². The monoisotopic (exact) mass is 181 g/mol. The van der Waals surface area contributed by atoms with E-state index in [4.69, 9.17) is 5.11 Å². The number of hydrogen-bond acceptors (Lipinski definition) is 3. The summed E-state index contributed by atoms with van der Waals surface area (Å²) in [5.41, 5.74) is 0.0827. The molecular formula is C7H4FN3O2. The third-order valence-corrected chi connectivity index (χ3v) is 1.61. The minimum Gasteiger partial charge on any atom is -0.477 e. The van der Waals surface area contributed by atoms with E-state index in [0.29, 0.717) is 0 Å². The fourth-order valence-corrected chi connectivity index (χ4v) is 1.02. The molecule has 0 aliphatic carbocycles. The lowest BCUT2D eigenvalue weighted by atomic mass is 10.3. The Balaban J connectivity index is 2.75. The number of carboxylic acid groups (broad SMARTS) is 1. The zero-order valence-electron chi connectivity index (χ0n) is 6.28.